The van der Waals surface area contributed by atoms with Crippen molar-refractivity contribution in [2.45, 2.75) is 12.8 Å². The van der Waals surface area contributed by atoms with Crippen LogP contribution in [0.3, 0.4) is 0 Å². The first-order valence-corrected chi connectivity index (χ1v) is 8.23. The SMILES string of the molecule is COc1cccc(-c2cc(CC(=O)N3CCc4ccccc43)no2)c1. The first kappa shape index (κ1) is 15.4. The second kappa shape index (κ2) is 6.43. The number of hydrogen-bond acceptors (Lipinski definition) is 4. The molecule has 4 rings (SSSR count). The van der Waals surface area contributed by atoms with Crippen molar-refractivity contribution in [2.75, 3.05) is 18.6 Å². The lowest BCUT2D eigenvalue weighted by Gasteiger charge is -2.16. The predicted molar refractivity (Wildman–Crippen MR) is 94.7 cm³/mol. The van der Waals surface area contributed by atoms with Crippen LogP contribution in [0.25, 0.3) is 11.3 Å². The van der Waals surface area contributed by atoms with Crippen molar-refractivity contribution in [2.24, 2.45) is 0 Å². The highest BCUT2D eigenvalue weighted by Gasteiger charge is 2.25. The first-order chi connectivity index (χ1) is 12.2. The van der Waals surface area contributed by atoms with Gasteiger partial charge in [0.2, 0.25) is 5.91 Å². The minimum atomic E-state index is 0.0374. The Morgan fingerprint density at radius 1 is 1.20 bits per heavy atom. The maximum atomic E-state index is 12.6. The molecular weight excluding hydrogens is 316 g/mol. The van der Waals surface area contributed by atoms with Gasteiger partial charge in [0.05, 0.1) is 19.2 Å². The molecule has 0 radical (unpaired) electrons. The standard InChI is InChI=1S/C20H18N2O3/c1-24-17-7-4-6-15(11-17)19-12-16(21-25-19)13-20(23)22-10-9-14-5-2-3-8-18(14)22/h2-8,11-12H,9-10,13H2,1H3. The number of amides is 1. The largest absolute Gasteiger partial charge is 0.497 e. The zero-order valence-electron chi connectivity index (χ0n) is 13.9. The fraction of sp³-hybridized carbons (Fsp3) is 0.200. The second-order valence-electron chi connectivity index (χ2n) is 6.02. The molecule has 1 aliphatic rings. The van der Waals surface area contributed by atoms with E-state index in [1.54, 1.807) is 7.11 Å². The minimum Gasteiger partial charge on any atom is -0.497 e. The van der Waals surface area contributed by atoms with Crippen molar-refractivity contribution in [1.29, 1.82) is 0 Å². The molecular formula is C20H18N2O3. The van der Waals surface area contributed by atoms with Gasteiger partial charge in [-0.2, -0.15) is 0 Å². The number of para-hydroxylation sites is 1. The number of nitrogens with zero attached hydrogens (tertiary/aromatic N) is 2. The molecule has 0 bridgehead atoms. The highest BCUT2D eigenvalue weighted by molar-refractivity contribution is 5.96. The number of methoxy groups -OCH3 is 1. The van der Waals surface area contributed by atoms with Crippen LogP contribution < -0.4 is 9.64 Å². The molecule has 0 N–H and O–H groups in total. The summed E-state index contributed by atoms with van der Waals surface area (Å²) in [6.45, 7) is 0.721. The third-order valence-electron chi connectivity index (χ3n) is 4.43. The summed E-state index contributed by atoms with van der Waals surface area (Å²) in [6, 6.07) is 17.4. The number of benzene rings is 2. The van der Waals surface area contributed by atoms with Gasteiger partial charge in [-0.25, -0.2) is 0 Å². The summed E-state index contributed by atoms with van der Waals surface area (Å²) in [5.74, 6) is 1.42. The summed E-state index contributed by atoms with van der Waals surface area (Å²) in [5.41, 5.74) is 3.72. The quantitative estimate of drug-likeness (QED) is 0.733. The highest BCUT2D eigenvalue weighted by Crippen LogP contribution is 2.29. The van der Waals surface area contributed by atoms with Gasteiger partial charge >= 0.3 is 0 Å². The number of ether oxygens (including phenoxy) is 1. The fourth-order valence-corrected chi connectivity index (χ4v) is 3.16. The average molecular weight is 334 g/mol. The fourth-order valence-electron chi connectivity index (χ4n) is 3.16. The van der Waals surface area contributed by atoms with E-state index in [-0.39, 0.29) is 12.3 Å². The summed E-state index contributed by atoms with van der Waals surface area (Å²) in [6.07, 6.45) is 1.12. The maximum absolute atomic E-state index is 12.6. The van der Waals surface area contributed by atoms with Gasteiger partial charge in [-0.15, -0.1) is 0 Å². The van der Waals surface area contributed by atoms with Crippen molar-refractivity contribution in [3.63, 3.8) is 0 Å². The summed E-state index contributed by atoms with van der Waals surface area (Å²) in [4.78, 5) is 14.5. The van der Waals surface area contributed by atoms with E-state index in [0.29, 0.717) is 11.5 Å². The zero-order chi connectivity index (χ0) is 17.2. The molecule has 1 aliphatic heterocycles. The molecule has 2 aromatic carbocycles. The van der Waals surface area contributed by atoms with E-state index in [1.165, 1.54) is 5.56 Å². The van der Waals surface area contributed by atoms with E-state index >= 15 is 0 Å². The van der Waals surface area contributed by atoms with Gasteiger partial charge in [0.1, 0.15) is 5.75 Å². The Hall–Kier alpha value is -3.08. The molecule has 1 amide bonds. The summed E-state index contributed by atoms with van der Waals surface area (Å²) >= 11 is 0. The predicted octanol–water partition coefficient (Wildman–Crippen LogP) is 3.48. The molecule has 0 saturated heterocycles. The summed E-state index contributed by atoms with van der Waals surface area (Å²) in [5, 5.41) is 4.05. The van der Waals surface area contributed by atoms with Crippen LogP contribution >= 0.6 is 0 Å². The van der Waals surface area contributed by atoms with Gasteiger partial charge in [0.25, 0.3) is 0 Å². The third-order valence-corrected chi connectivity index (χ3v) is 4.43. The smallest absolute Gasteiger partial charge is 0.233 e. The Morgan fingerprint density at radius 2 is 2.08 bits per heavy atom. The summed E-state index contributed by atoms with van der Waals surface area (Å²) < 4.78 is 10.6. The van der Waals surface area contributed by atoms with Crippen LogP contribution in [0.5, 0.6) is 5.75 Å². The number of anilines is 1. The number of hydrogen-bond donors (Lipinski definition) is 0. The molecule has 5 nitrogen and oxygen atoms in total. The number of aromatic nitrogens is 1. The first-order valence-electron chi connectivity index (χ1n) is 8.23. The van der Waals surface area contributed by atoms with Gasteiger partial charge < -0.3 is 14.2 Å². The topological polar surface area (TPSA) is 55.6 Å². The Morgan fingerprint density at radius 3 is 2.96 bits per heavy atom. The molecule has 0 aliphatic carbocycles. The normalized spacial score (nSPS) is 12.9. The molecule has 0 atom stereocenters. The Kier molecular flexibility index (Phi) is 3.98. The maximum Gasteiger partial charge on any atom is 0.233 e. The van der Waals surface area contributed by atoms with E-state index in [0.717, 1.165) is 30.0 Å². The van der Waals surface area contributed by atoms with Crippen LogP contribution in [0, 0.1) is 0 Å². The van der Waals surface area contributed by atoms with E-state index in [1.807, 2.05) is 53.4 Å². The number of carbonyl (C=O) groups is 1. The van der Waals surface area contributed by atoms with Gasteiger partial charge in [0, 0.05) is 23.9 Å². The van der Waals surface area contributed by atoms with Gasteiger partial charge in [0.15, 0.2) is 5.76 Å². The lowest BCUT2D eigenvalue weighted by Crippen LogP contribution is -2.30. The Labute approximate surface area is 145 Å². The second-order valence-corrected chi connectivity index (χ2v) is 6.02. The molecule has 126 valence electrons. The van der Waals surface area contributed by atoms with Gasteiger partial charge in [-0.3, -0.25) is 4.79 Å². The van der Waals surface area contributed by atoms with Crippen LogP contribution in [0.1, 0.15) is 11.3 Å². The van der Waals surface area contributed by atoms with E-state index < -0.39 is 0 Å². The van der Waals surface area contributed by atoms with Crippen molar-refractivity contribution >= 4 is 11.6 Å². The van der Waals surface area contributed by atoms with Crippen molar-refractivity contribution < 1.29 is 14.1 Å². The molecule has 5 heteroatoms. The van der Waals surface area contributed by atoms with Crippen LogP contribution in [0.4, 0.5) is 5.69 Å². The molecule has 0 unspecified atom stereocenters. The van der Waals surface area contributed by atoms with Crippen molar-refractivity contribution in [3.05, 3.63) is 65.9 Å². The van der Waals surface area contributed by atoms with Gasteiger partial charge in [-0.05, 0) is 30.2 Å². The van der Waals surface area contributed by atoms with Gasteiger partial charge in [-0.1, -0.05) is 35.5 Å². The number of fused-ring (bicyclic) bond motifs is 1. The number of carbonyl (C=O) groups excluding carboxylic acids is 1. The lowest BCUT2D eigenvalue weighted by atomic mass is 10.1. The molecule has 3 aromatic rings. The summed E-state index contributed by atoms with van der Waals surface area (Å²) in [7, 11) is 1.62. The van der Waals surface area contributed by atoms with E-state index in [4.69, 9.17) is 9.26 Å². The van der Waals surface area contributed by atoms with Crippen LogP contribution in [-0.4, -0.2) is 24.7 Å². The van der Waals surface area contributed by atoms with E-state index in [9.17, 15) is 4.79 Å². The zero-order valence-corrected chi connectivity index (χ0v) is 13.9. The highest BCUT2D eigenvalue weighted by atomic mass is 16.5. The van der Waals surface area contributed by atoms with E-state index in [2.05, 4.69) is 11.2 Å². The van der Waals surface area contributed by atoms with Crippen LogP contribution in [0.15, 0.2) is 59.1 Å². The molecule has 0 fully saturated rings. The van der Waals surface area contributed by atoms with Crippen LogP contribution in [-0.2, 0) is 17.6 Å². The van der Waals surface area contributed by atoms with Crippen LogP contribution in [0.2, 0.25) is 0 Å². The third kappa shape index (κ3) is 3.01. The average Bonchev–Trinajstić information content (AvgIpc) is 3.28. The monoisotopic (exact) mass is 334 g/mol. The molecule has 1 aromatic heterocycles. The molecule has 2 heterocycles. The molecule has 0 spiro atoms. The number of rotatable bonds is 4. The molecule has 25 heavy (non-hydrogen) atoms. The Bertz CT molecular complexity index is 917. The lowest BCUT2D eigenvalue weighted by molar-refractivity contribution is -0.118. The molecule has 0 saturated carbocycles. The van der Waals surface area contributed by atoms with Crippen molar-refractivity contribution in [1.82, 2.24) is 5.16 Å². The van der Waals surface area contributed by atoms with Crippen molar-refractivity contribution in [3.8, 4) is 17.1 Å². The Balaban J connectivity index is 1.51. The minimum absolute atomic E-state index is 0.0374.